The van der Waals surface area contributed by atoms with Gasteiger partial charge in [-0.2, -0.15) is 11.3 Å². The molecule has 6 rings (SSSR count). The van der Waals surface area contributed by atoms with Crippen molar-refractivity contribution in [3.05, 3.63) is 134 Å². The summed E-state index contributed by atoms with van der Waals surface area (Å²) < 4.78 is 8.56. The van der Waals surface area contributed by atoms with Gasteiger partial charge in [-0.15, -0.1) is 0 Å². The Balaban J connectivity index is 0.000000198. The summed E-state index contributed by atoms with van der Waals surface area (Å²) in [6.45, 7) is 0. The van der Waals surface area contributed by atoms with E-state index in [0.29, 0.717) is 0 Å². The summed E-state index contributed by atoms with van der Waals surface area (Å²) in [6, 6.07) is 13.3. The minimum atomic E-state index is 1.26. The number of aromatic nitrogens is 8. The molecule has 0 spiro atoms. The number of hydrogen-bond acceptors (Lipinski definition) is 11. The molecule has 0 fully saturated rings. The van der Waals surface area contributed by atoms with Gasteiger partial charge in [-0.3, -0.25) is 15.0 Å². The molecule has 0 saturated heterocycles. The van der Waals surface area contributed by atoms with Crippen molar-refractivity contribution in [1.82, 2.24) is 40.2 Å². The molecule has 6 aromatic heterocycles. The van der Waals surface area contributed by atoms with E-state index < -0.39 is 0 Å². The Labute approximate surface area is 195 Å². The SMILES string of the molecule is c1ccncc1.c1ccsc1.c1cnccn1.c1cncnc1.c1cnoc1.c1ncon1. The topological polar surface area (TPSA) is 129 Å². The van der Waals surface area contributed by atoms with E-state index in [4.69, 9.17) is 0 Å². The van der Waals surface area contributed by atoms with Crippen LogP contribution in [0.5, 0.6) is 0 Å². The van der Waals surface area contributed by atoms with Gasteiger partial charge in [-0.05, 0) is 35.0 Å². The highest BCUT2D eigenvalue weighted by atomic mass is 32.1. The van der Waals surface area contributed by atoms with Crippen LogP contribution < -0.4 is 0 Å². The van der Waals surface area contributed by atoms with Crippen LogP contribution in [0.3, 0.4) is 0 Å². The highest BCUT2D eigenvalue weighted by molar-refractivity contribution is 7.07. The summed E-state index contributed by atoms with van der Waals surface area (Å²) in [6.07, 6.45) is 20.6. The van der Waals surface area contributed by atoms with Crippen molar-refractivity contribution in [3.8, 4) is 0 Å². The second-order valence-corrected chi connectivity index (χ2v) is 5.70. The molecule has 0 atom stereocenters. The van der Waals surface area contributed by atoms with Crippen molar-refractivity contribution in [2.24, 2.45) is 0 Å². The zero-order valence-electron chi connectivity index (χ0n) is 17.5. The van der Waals surface area contributed by atoms with Crippen LogP contribution in [0.15, 0.2) is 143 Å². The maximum atomic E-state index is 4.33. The summed E-state index contributed by atoms with van der Waals surface area (Å²) in [5.74, 6) is 0. The molecule has 6 heterocycles. The fourth-order valence-electron chi connectivity index (χ4n) is 1.36. The molecule has 0 aliphatic heterocycles. The van der Waals surface area contributed by atoms with E-state index in [1.807, 2.05) is 41.1 Å². The third-order valence-corrected chi connectivity index (χ3v) is 3.21. The van der Waals surface area contributed by atoms with Gasteiger partial charge in [0.2, 0.25) is 6.39 Å². The predicted octanol–water partition coefficient (Wildman–Crippen LogP) is 4.53. The summed E-state index contributed by atoms with van der Waals surface area (Å²) in [5, 5.41) is 10.7. The normalized spacial score (nSPS) is 8.00. The van der Waals surface area contributed by atoms with Gasteiger partial charge in [0.15, 0.2) is 6.33 Å². The number of pyridine rings is 1. The van der Waals surface area contributed by atoms with Crippen molar-refractivity contribution in [2.75, 3.05) is 0 Å². The quantitative estimate of drug-likeness (QED) is 0.317. The largest absolute Gasteiger partial charge is 0.365 e. The second kappa shape index (κ2) is 23.6. The van der Waals surface area contributed by atoms with E-state index in [9.17, 15) is 0 Å². The Bertz CT molecular complexity index is 737. The lowest BCUT2D eigenvalue weighted by Crippen LogP contribution is -1.66. The molecule has 0 aromatic carbocycles. The van der Waals surface area contributed by atoms with Crippen molar-refractivity contribution in [1.29, 1.82) is 0 Å². The third-order valence-electron chi connectivity index (χ3n) is 2.58. The average Bonchev–Trinajstić information content (AvgIpc) is 3.76. The highest BCUT2D eigenvalue weighted by Gasteiger charge is 1.62. The van der Waals surface area contributed by atoms with Crippen LogP contribution in [0.2, 0.25) is 0 Å². The summed E-state index contributed by atoms with van der Waals surface area (Å²) in [4.78, 5) is 22.0. The molecule has 10 nitrogen and oxygen atoms in total. The van der Waals surface area contributed by atoms with Crippen LogP contribution in [-0.2, 0) is 0 Å². The Hall–Kier alpha value is -4.64. The highest BCUT2D eigenvalue weighted by Crippen LogP contribution is 1.91. The molecular formula is C22H22N8O2S. The van der Waals surface area contributed by atoms with E-state index >= 15 is 0 Å². The van der Waals surface area contributed by atoms with E-state index in [1.165, 1.54) is 25.3 Å². The van der Waals surface area contributed by atoms with Crippen LogP contribution in [0.4, 0.5) is 0 Å². The lowest BCUT2D eigenvalue weighted by atomic mass is 10.5. The zero-order chi connectivity index (χ0) is 23.3. The van der Waals surface area contributed by atoms with Crippen molar-refractivity contribution >= 4 is 11.3 Å². The van der Waals surface area contributed by atoms with Gasteiger partial charge in [0, 0.05) is 49.6 Å². The van der Waals surface area contributed by atoms with Crippen molar-refractivity contribution < 1.29 is 9.05 Å². The maximum absolute atomic E-state index is 4.33. The molecule has 0 bridgehead atoms. The van der Waals surface area contributed by atoms with Gasteiger partial charge in [-0.25, -0.2) is 15.0 Å². The van der Waals surface area contributed by atoms with E-state index in [0.717, 1.165) is 0 Å². The van der Waals surface area contributed by atoms with Crippen LogP contribution in [0, 0.1) is 0 Å². The van der Waals surface area contributed by atoms with Gasteiger partial charge in [0.1, 0.15) is 12.6 Å². The Kier molecular flexibility index (Phi) is 18.9. The van der Waals surface area contributed by atoms with Gasteiger partial charge in [0.05, 0.1) is 6.20 Å². The fraction of sp³-hybridized carbons (Fsp3) is 0. The number of hydrogen-bond donors (Lipinski definition) is 0. The molecule has 11 heteroatoms. The minimum absolute atomic E-state index is 1.26. The van der Waals surface area contributed by atoms with Crippen LogP contribution in [-0.4, -0.2) is 40.2 Å². The summed E-state index contributed by atoms with van der Waals surface area (Å²) >= 11 is 1.71. The lowest BCUT2D eigenvalue weighted by Gasteiger charge is -1.70. The van der Waals surface area contributed by atoms with Gasteiger partial charge >= 0.3 is 0 Å². The molecule has 0 N–H and O–H groups in total. The van der Waals surface area contributed by atoms with Crippen LogP contribution >= 0.6 is 11.3 Å². The molecule has 0 saturated carbocycles. The molecule has 6 aromatic rings. The zero-order valence-corrected chi connectivity index (χ0v) is 18.3. The first-order chi connectivity index (χ1) is 16.5. The Morgan fingerprint density at radius 1 is 0.424 bits per heavy atom. The average molecular weight is 463 g/mol. The minimum Gasteiger partial charge on any atom is -0.365 e. The van der Waals surface area contributed by atoms with E-state index in [1.54, 1.807) is 79.2 Å². The lowest BCUT2D eigenvalue weighted by molar-refractivity contribution is 0.416. The van der Waals surface area contributed by atoms with E-state index in [-0.39, 0.29) is 0 Å². The maximum Gasteiger partial charge on any atom is 0.213 e. The van der Waals surface area contributed by atoms with Crippen LogP contribution in [0.1, 0.15) is 0 Å². The van der Waals surface area contributed by atoms with Crippen molar-refractivity contribution in [3.63, 3.8) is 0 Å². The monoisotopic (exact) mass is 462 g/mol. The molecule has 0 amide bonds. The van der Waals surface area contributed by atoms with Gasteiger partial charge in [0.25, 0.3) is 0 Å². The second-order valence-electron chi connectivity index (χ2n) is 4.89. The fourth-order valence-corrected chi connectivity index (χ4v) is 1.81. The molecular weight excluding hydrogens is 440 g/mol. The molecule has 0 radical (unpaired) electrons. The van der Waals surface area contributed by atoms with Crippen molar-refractivity contribution in [2.45, 2.75) is 0 Å². The van der Waals surface area contributed by atoms with E-state index in [2.05, 4.69) is 49.3 Å². The molecule has 168 valence electrons. The van der Waals surface area contributed by atoms with Crippen LogP contribution in [0.25, 0.3) is 0 Å². The molecule has 33 heavy (non-hydrogen) atoms. The van der Waals surface area contributed by atoms with Gasteiger partial charge < -0.3 is 9.05 Å². The number of rotatable bonds is 0. The smallest absolute Gasteiger partial charge is 0.213 e. The first-order valence-electron chi connectivity index (χ1n) is 9.26. The third kappa shape index (κ3) is 21.9. The Morgan fingerprint density at radius 2 is 1.06 bits per heavy atom. The molecule has 0 aliphatic carbocycles. The Morgan fingerprint density at radius 3 is 1.24 bits per heavy atom. The summed E-state index contributed by atoms with van der Waals surface area (Å²) in [7, 11) is 0. The predicted molar refractivity (Wildman–Crippen MR) is 123 cm³/mol. The number of thiophene rings is 1. The molecule has 0 unspecified atom stereocenters. The first-order valence-corrected chi connectivity index (χ1v) is 10.2. The summed E-state index contributed by atoms with van der Waals surface area (Å²) in [5.41, 5.74) is 0. The first kappa shape index (κ1) is 26.4. The molecule has 0 aliphatic rings. The number of nitrogens with zero attached hydrogens (tertiary/aromatic N) is 8. The van der Waals surface area contributed by atoms with Gasteiger partial charge in [-0.1, -0.05) is 28.5 Å². The standard InChI is InChI=1S/C5H5N.2C4H4N2.C4H4S.C3H3NO.C2H2N2O/c1-2-4-6-5-3-1;1-2-6-4-3-5-1;1-2-5-4-6-3-1;2*1-2-4-5-3-1;1-3-2-5-4-1/h1-5H;2*1-4H;1-4H;1-3H;1-2H.